The molecule has 0 fully saturated rings. The number of carboxylic acids is 1. The summed E-state index contributed by atoms with van der Waals surface area (Å²) in [4.78, 5) is 10.8. The molecule has 0 heterocycles. The summed E-state index contributed by atoms with van der Waals surface area (Å²) in [5, 5.41) is 8.91. The molecule has 0 aliphatic carbocycles. The fourth-order valence-electron chi connectivity index (χ4n) is 0.977. The van der Waals surface area contributed by atoms with Gasteiger partial charge in [0.2, 0.25) is 0 Å². The Morgan fingerprint density at radius 1 is 1.57 bits per heavy atom. The lowest BCUT2D eigenvalue weighted by molar-refractivity contribution is -0.143. The summed E-state index contributed by atoms with van der Waals surface area (Å²) in [5.74, 6) is -1.84. The van der Waals surface area contributed by atoms with Gasteiger partial charge in [-0.15, -0.1) is 0 Å². The number of nitrogens with two attached hydrogens (primary N) is 1. The Morgan fingerprint density at radius 2 is 2.14 bits per heavy atom. The molecule has 0 spiro atoms. The van der Waals surface area contributed by atoms with Crippen molar-refractivity contribution in [2.24, 2.45) is 5.73 Å². The van der Waals surface area contributed by atoms with E-state index in [1.165, 1.54) is 13.0 Å². The van der Waals surface area contributed by atoms with E-state index in [0.29, 0.717) is 0 Å². The van der Waals surface area contributed by atoms with E-state index in [-0.39, 0.29) is 10.6 Å². The van der Waals surface area contributed by atoms with Crippen LogP contribution in [0, 0.1) is 5.82 Å². The summed E-state index contributed by atoms with van der Waals surface area (Å²) in [6, 6.07) is 3.47. The van der Waals surface area contributed by atoms with Crippen molar-refractivity contribution in [2.75, 3.05) is 0 Å². The highest BCUT2D eigenvalue weighted by Gasteiger charge is 2.30. The van der Waals surface area contributed by atoms with Gasteiger partial charge in [0, 0.05) is 5.02 Å². The van der Waals surface area contributed by atoms with Crippen LogP contribution in [0.25, 0.3) is 0 Å². The molecule has 14 heavy (non-hydrogen) atoms. The molecule has 0 aliphatic rings. The van der Waals surface area contributed by atoms with Crippen molar-refractivity contribution in [3.05, 3.63) is 34.6 Å². The lowest BCUT2D eigenvalue weighted by Gasteiger charge is -2.19. The van der Waals surface area contributed by atoms with Crippen LogP contribution in [0.5, 0.6) is 0 Å². The van der Waals surface area contributed by atoms with Gasteiger partial charge in [-0.25, -0.2) is 9.18 Å². The molecule has 0 saturated heterocycles. The summed E-state index contributed by atoms with van der Waals surface area (Å²) < 4.78 is 12.9. The minimum absolute atomic E-state index is 0.123. The molecule has 1 unspecified atom stereocenters. The molecule has 0 bridgehead atoms. The van der Waals surface area contributed by atoms with Crippen molar-refractivity contribution in [3.63, 3.8) is 0 Å². The maximum absolute atomic E-state index is 12.9. The van der Waals surface area contributed by atoms with Crippen LogP contribution in [0.15, 0.2) is 18.2 Å². The maximum atomic E-state index is 12.9. The van der Waals surface area contributed by atoms with E-state index < -0.39 is 17.3 Å². The lowest BCUT2D eigenvalue weighted by atomic mass is 9.93. The summed E-state index contributed by atoms with van der Waals surface area (Å²) in [5.41, 5.74) is 3.99. The second kappa shape index (κ2) is 3.55. The average molecular weight is 218 g/mol. The molecule has 0 aromatic heterocycles. The van der Waals surface area contributed by atoms with E-state index in [1.807, 2.05) is 0 Å². The molecule has 0 radical (unpaired) electrons. The topological polar surface area (TPSA) is 63.3 Å². The van der Waals surface area contributed by atoms with Gasteiger partial charge in [-0.05, 0) is 30.7 Å². The monoisotopic (exact) mass is 217 g/mol. The molecule has 1 aromatic rings. The number of carbonyl (C=O) groups is 1. The molecular weight excluding hydrogens is 209 g/mol. The van der Waals surface area contributed by atoms with Gasteiger partial charge in [0.05, 0.1) is 0 Å². The van der Waals surface area contributed by atoms with Gasteiger partial charge in [-0.3, -0.25) is 0 Å². The SMILES string of the molecule is CC(N)(C(=O)O)c1cc(F)cc(Cl)c1. The number of rotatable bonds is 2. The first-order valence-corrected chi connectivity index (χ1v) is 4.20. The van der Waals surface area contributed by atoms with Gasteiger partial charge in [0.25, 0.3) is 0 Å². The summed E-state index contributed by atoms with van der Waals surface area (Å²) in [6.45, 7) is 1.28. The number of carboxylic acid groups (broad SMARTS) is 1. The van der Waals surface area contributed by atoms with E-state index >= 15 is 0 Å². The Bertz CT molecular complexity index is 359. The molecule has 0 aliphatic heterocycles. The third-order valence-corrected chi connectivity index (χ3v) is 2.12. The minimum atomic E-state index is -1.63. The molecule has 0 saturated carbocycles. The van der Waals surface area contributed by atoms with Gasteiger partial charge < -0.3 is 10.8 Å². The highest BCUT2D eigenvalue weighted by atomic mass is 35.5. The standard InChI is InChI=1S/C9H9ClFNO2/c1-9(12,8(13)14)5-2-6(10)4-7(11)3-5/h2-4H,12H2,1H3,(H,13,14). The number of hydrogen-bond acceptors (Lipinski definition) is 2. The van der Waals surface area contributed by atoms with Crippen molar-refractivity contribution in [1.29, 1.82) is 0 Å². The smallest absolute Gasteiger partial charge is 0.328 e. The Balaban J connectivity index is 3.25. The molecule has 3 N–H and O–H groups in total. The second-order valence-corrected chi connectivity index (χ2v) is 3.60. The predicted molar refractivity (Wildman–Crippen MR) is 50.6 cm³/mol. The fourth-order valence-corrected chi connectivity index (χ4v) is 1.20. The predicted octanol–water partition coefficient (Wildman–Crippen LogP) is 1.74. The zero-order valence-corrected chi connectivity index (χ0v) is 8.18. The minimum Gasteiger partial charge on any atom is -0.480 e. The summed E-state index contributed by atoms with van der Waals surface area (Å²) in [6.07, 6.45) is 0. The zero-order valence-electron chi connectivity index (χ0n) is 7.42. The zero-order chi connectivity index (χ0) is 10.9. The highest BCUT2D eigenvalue weighted by Crippen LogP contribution is 2.23. The van der Waals surface area contributed by atoms with Gasteiger partial charge in [0.1, 0.15) is 11.4 Å². The largest absolute Gasteiger partial charge is 0.480 e. The van der Waals surface area contributed by atoms with Crippen LogP contribution in [-0.2, 0) is 10.3 Å². The van der Waals surface area contributed by atoms with Crippen LogP contribution in [0.1, 0.15) is 12.5 Å². The van der Waals surface area contributed by atoms with Crippen molar-refractivity contribution < 1.29 is 14.3 Å². The molecule has 1 atom stereocenters. The van der Waals surface area contributed by atoms with Crippen LogP contribution in [-0.4, -0.2) is 11.1 Å². The van der Waals surface area contributed by atoms with Crippen molar-refractivity contribution in [2.45, 2.75) is 12.5 Å². The van der Waals surface area contributed by atoms with Crippen molar-refractivity contribution in [1.82, 2.24) is 0 Å². The van der Waals surface area contributed by atoms with Gasteiger partial charge in [-0.1, -0.05) is 11.6 Å². The normalized spacial score (nSPS) is 14.9. The Labute approximate surface area is 85.3 Å². The van der Waals surface area contributed by atoms with Gasteiger partial charge in [-0.2, -0.15) is 0 Å². The first kappa shape index (κ1) is 10.9. The number of aliphatic carboxylic acids is 1. The van der Waals surface area contributed by atoms with E-state index in [2.05, 4.69) is 0 Å². The number of benzene rings is 1. The Morgan fingerprint density at radius 3 is 2.57 bits per heavy atom. The average Bonchev–Trinajstić information content (AvgIpc) is 2.01. The van der Waals surface area contributed by atoms with E-state index in [1.54, 1.807) is 0 Å². The molecule has 3 nitrogen and oxygen atoms in total. The van der Waals surface area contributed by atoms with Gasteiger partial charge in [0.15, 0.2) is 0 Å². The van der Waals surface area contributed by atoms with Crippen LogP contribution in [0.2, 0.25) is 5.02 Å². The molecular formula is C9H9ClFNO2. The first-order chi connectivity index (χ1) is 6.34. The summed E-state index contributed by atoms with van der Waals surface area (Å²) >= 11 is 5.57. The molecule has 5 heteroatoms. The van der Waals surface area contributed by atoms with E-state index in [4.69, 9.17) is 22.4 Å². The Kier molecular flexibility index (Phi) is 2.78. The van der Waals surface area contributed by atoms with Crippen molar-refractivity contribution >= 4 is 17.6 Å². The van der Waals surface area contributed by atoms with Crippen molar-refractivity contribution in [3.8, 4) is 0 Å². The second-order valence-electron chi connectivity index (χ2n) is 3.17. The fraction of sp³-hybridized carbons (Fsp3) is 0.222. The van der Waals surface area contributed by atoms with Gasteiger partial charge >= 0.3 is 5.97 Å². The molecule has 1 rings (SSSR count). The van der Waals surface area contributed by atoms with Crippen LogP contribution in [0.3, 0.4) is 0 Å². The molecule has 0 amide bonds. The highest BCUT2D eigenvalue weighted by molar-refractivity contribution is 6.30. The number of halogens is 2. The Hall–Kier alpha value is -1.13. The third kappa shape index (κ3) is 2.02. The van der Waals surface area contributed by atoms with Crippen LogP contribution in [0.4, 0.5) is 4.39 Å². The molecule has 1 aromatic carbocycles. The third-order valence-electron chi connectivity index (χ3n) is 1.91. The van der Waals surface area contributed by atoms with E-state index in [0.717, 1.165) is 12.1 Å². The first-order valence-electron chi connectivity index (χ1n) is 3.83. The maximum Gasteiger partial charge on any atom is 0.328 e. The molecule has 76 valence electrons. The summed E-state index contributed by atoms with van der Waals surface area (Å²) in [7, 11) is 0. The lowest BCUT2D eigenvalue weighted by Crippen LogP contribution is -2.41. The van der Waals surface area contributed by atoms with Crippen LogP contribution < -0.4 is 5.73 Å². The quantitative estimate of drug-likeness (QED) is 0.793. The number of hydrogen-bond donors (Lipinski definition) is 2. The van der Waals surface area contributed by atoms with Crippen LogP contribution >= 0.6 is 11.6 Å². The van der Waals surface area contributed by atoms with E-state index in [9.17, 15) is 9.18 Å².